The topological polar surface area (TPSA) is 24.9 Å². The lowest BCUT2D eigenvalue weighted by molar-refractivity contribution is 0.587. The summed E-state index contributed by atoms with van der Waals surface area (Å²) in [6.45, 7) is 5.13. The molecule has 0 amide bonds. The highest BCUT2D eigenvalue weighted by Crippen LogP contribution is 2.26. The summed E-state index contributed by atoms with van der Waals surface area (Å²) in [7, 11) is 0. The van der Waals surface area contributed by atoms with Crippen molar-refractivity contribution in [3.63, 3.8) is 0 Å². The molecule has 0 saturated carbocycles. The van der Waals surface area contributed by atoms with Crippen molar-refractivity contribution in [3.05, 3.63) is 53.2 Å². The van der Waals surface area contributed by atoms with Gasteiger partial charge < -0.3 is 5.32 Å². The minimum atomic E-state index is 0.489. The van der Waals surface area contributed by atoms with Crippen LogP contribution in [0.15, 0.2) is 52.5 Å². The van der Waals surface area contributed by atoms with E-state index in [0.29, 0.717) is 6.04 Å². The van der Waals surface area contributed by atoms with Crippen LogP contribution in [-0.4, -0.2) is 11.0 Å². The zero-order valence-electron chi connectivity index (χ0n) is 11.1. The fourth-order valence-electron chi connectivity index (χ4n) is 1.52. The van der Waals surface area contributed by atoms with E-state index in [1.807, 2.05) is 30.5 Å². The smallest absolute Gasteiger partial charge is 0.101 e. The SMILES string of the molecule is CC(C)NCc1ccc(Sc2ccc(Cl)cc2)nc1. The second kappa shape index (κ2) is 6.94. The molecule has 0 aliphatic carbocycles. The quantitative estimate of drug-likeness (QED) is 0.885. The standard InChI is InChI=1S/C15H17ClN2S/c1-11(2)17-9-12-3-8-15(18-10-12)19-14-6-4-13(16)5-7-14/h3-8,10-11,17H,9H2,1-2H3. The van der Waals surface area contributed by atoms with Crippen molar-refractivity contribution >= 4 is 23.4 Å². The summed E-state index contributed by atoms with van der Waals surface area (Å²) in [5, 5.41) is 5.13. The molecule has 0 saturated heterocycles. The lowest BCUT2D eigenvalue weighted by atomic mass is 10.2. The summed E-state index contributed by atoms with van der Waals surface area (Å²) in [6.07, 6.45) is 1.92. The van der Waals surface area contributed by atoms with Crippen molar-refractivity contribution < 1.29 is 0 Å². The molecule has 2 aromatic rings. The molecule has 1 aromatic heterocycles. The Balaban J connectivity index is 1.96. The first-order valence-corrected chi connectivity index (χ1v) is 7.44. The van der Waals surface area contributed by atoms with E-state index in [0.717, 1.165) is 21.5 Å². The molecule has 19 heavy (non-hydrogen) atoms. The van der Waals surface area contributed by atoms with Crippen LogP contribution in [0, 0.1) is 0 Å². The van der Waals surface area contributed by atoms with Crippen molar-refractivity contribution in [2.45, 2.75) is 36.4 Å². The molecule has 100 valence electrons. The van der Waals surface area contributed by atoms with Gasteiger partial charge in [-0.3, -0.25) is 0 Å². The van der Waals surface area contributed by atoms with Gasteiger partial charge in [0.05, 0.1) is 0 Å². The lowest BCUT2D eigenvalue weighted by Crippen LogP contribution is -2.21. The molecule has 0 radical (unpaired) electrons. The molecule has 1 heterocycles. The third kappa shape index (κ3) is 4.86. The number of halogens is 1. The summed E-state index contributed by atoms with van der Waals surface area (Å²) in [5.41, 5.74) is 1.20. The molecule has 2 nitrogen and oxygen atoms in total. The van der Waals surface area contributed by atoms with E-state index in [-0.39, 0.29) is 0 Å². The maximum atomic E-state index is 5.86. The van der Waals surface area contributed by atoms with E-state index < -0.39 is 0 Å². The summed E-state index contributed by atoms with van der Waals surface area (Å²) >= 11 is 7.50. The average Bonchev–Trinajstić information content (AvgIpc) is 2.40. The molecule has 2 rings (SSSR count). The van der Waals surface area contributed by atoms with Crippen molar-refractivity contribution in [2.75, 3.05) is 0 Å². The van der Waals surface area contributed by atoms with Gasteiger partial charge in [0, 0.05) is 28.7 Å². The van der Waals surface area contributed by atoms with Crippen molar-refractivity contribution in [1.29, 1.82) is 0 Å². The zero-order valence-corrected chi connectivity index (χ0v) is 12.6. The molecule has 0 fully saturated rings. The predicted octanol–water partition coefficient (Wildman–Crippen LogP) is 4.38. The van der Waals surface area contributed by atoms with E-state index in [1.54, 1.807) is 11.8 Å². The molecule has 0 aliphatic heterocycles. The van der Waals surface area contributed by atoms with Gasteiger partial charge in [-0.1, -0.05) is 43.3 Å². The third-order valence-electron chi connectivity index (χ3n) is 2.55. The highest BCUT2D eigenvalue weighted by Gasteiger charge is 2.00. The number of hydrogen-bond donors (Lipinski definition) is 1. The highest BCUT2D eigenvalue weighted by atomic mass is 35.5. The van der Waals surface area contributed by atoms with Crippen LogP contribution in [0.2, 0.25) is 5.02 Å². The van der Waals surface area contributed by atoms with Crippen LogP contribution in [-0.2, 0) is 6.54 Å². The zero-order chi connectivity index (χ0) is 13.7. The fraction of sp³-hybridized carbons (Fsp3) is 0.267. The normalized spacial score (nSPS) is 10.9. The second-order valence-electron chi connectivity index (χ2n) is 4.60. The van der Waals surface area contributed by atoms with Gasteiger partial charge in [0.1, 0.15) is 5.03 Å². The van der Waals surface area contributed by atoms with Crippen LogP contribution in [0.4, 0.5) is 0 Å². The Bertz CT molecular complexity index is 509. The third-order valence-corrected chi connectivity index (χ3v) is 3.76. The number of hydrogen-bond acceptors (Lipinski definition) is 3. The number of nitrogens with one attached hydrogen (secondary N) is 1. The Morgan fingerprint density at radius 1 is 1.16 bits per heavy atom. The van der Waals surface area contributed by atoms with E-state index in [1.165, 1.54) is 5.56 Å². The van der Waals surface area contributed by atoms with Crippen LogP contribution < -0.4 is 5.32 Å². The Labute approximate surface area is 123 Å². The molecule has 0 aliphatic rings. The van der Waals surface area contributed by atoms with Gasteiger partial charge >= 0.3 is 0 Å². The fourth-order valence-corrected chi connectivity index (χ4v) is 2.40. The van der Waals surface area contributed by atoms with Gasteiger partial charge in [0.2, 0.25) is 0 Å². The van der Waals surface area contributed by atoms with Crippen LogP contribution in [0.3, 0.4) is 0 Å². The van der Waals surface area contributed by atoms with E-state index >= 15 is 0 Å². The monoisotopic (exact) mass is 292 g/mol. The van der Waals surface area contributed by atoms with Crippen LogP contribution >= 0.6 is 23.4 Å². The van der Waals surface area contributed by atoms with Gasteiger partial charge in [-0.15, -0.1) is 0 Å². The molecule has 0 unspecified atom stereocenters. The first-order valence-electron chi connectivity index (χ1n) is 6.25. The molecule has 0 bridgehead atoms. The molecule has 1 N–H and O–H groups in total. The maximum Gasteiger partial charge on any atom is 0.101 e. The highest BCUT2D eigenvalue weighted by molar-refractivity contribution is 7.99. The van der Waals surface area contributed by atoms with Gasteiger partial charge in [-0.05, 0) is 35.9 Å². The number of rotatable bonds is 5. The molecule has 0 atom stereocenters. The average molecular weight is 293 g/mol. The summed E-state index contributed by atoms with van der Waals surface area (Å²) in [6, 6.07) is 12.4. The Kier molecular flexibility index (Phi) is 5.25. The van der Waals surface area contributed by atoms with Crippen LogP contribution in [0.1, 0.15) is 19.4 Å². The second-order valence-corrected chi connectivity index (χ2v) is 6.13. The van der Waals surface area contributed by atoms with E-state index in [4.69, 9.17) is 11.6 Å². The molecule has 4 heteroatoms. The Morgan fingerprint density at radius 3 is 2.47 bits per heavy atom. The van der Waals surface area contributed by atoms with Crippen molar-refractivity contribution in [3.8, 4) is 0 Å². The molecular formula is C15H17ClN2S. The number of pyridine rings is 1. The van der Waals surface area contributed by atoms with Crippen LogP contribution in [0.25, 0.3) is 0 Å². The Hall–Kier alpha value is -1.03. The van der Waals surface area contributed by atoms with Crippen LogP contribution in [0.5, 0.6) is 0 Å². The Morgan fingerprint density at radius 2 is 1.89 bits per heavy atom. The van der Waals surface area contributed by atoms with Crippen molar-refractivity contribution in [2.24, 2.45) is 0 Å². The first-order chi connectivity index (χ1) is 9.13. The molecular weight excluding hydrogens is 276 g/mol. The van der Waals surface area contributed by atoms with Gasteiger partial charge in [-0.2, -0.15) is 0 Å². The predicted molar refractivity (Wildman–Crippen MR) is 81.8 cm³/mol. The molecule has 0 spiro atoms. The minimum Gasteiger partial charge on any atom is -0.310 e. The minimum absolute atomic E-state index is 0.489. The maximum absolute atomic E-state index is 5.86. The van der Waals surface area contributed by atoms with Gasteiger partial charge in [0.25, 0.3) is 0 Å². The molecule has 1 aromatic carbocycles. The number of benzene rings is 1. The summed E-state index contributed by atoms with van der Waals surface area (Å²) in [4.78, 5) is 5.61. The summed E-state index contributed by atoms with van der Waals surface area (Å²) in [5.74, 6) is 0. The largest absolute Gasteiger partial charge is 0.310 e. The first kappa shape index (κ1) is 14.4. The number of nitrogens with zero attached hydrogens (tertiary/aromatic N) is 1. The number of aromatic nitrogens is 1. The van der Waals surface area contributed by atoms with Gasteiger partial charge in [0.15, 0.2) is 0 Å². The summed E-state index contributed by atoms with van der Waals surface area (Å²) < 4.78 is 0. The lowest BCUT2D eigenvalue weighted by Gasteiger charge is -2.08. The van der Waals surface area contributed by atoms with E-state index in [9.17, 15) is 0 Å². The van der Waals surface area contributed by atoms with E-state index in [2.05, 4.69) is 36.3 Å². The van der Waals surface area contributed by atoms with Gasteiger partial charge in [-0.25, -0.2) is 4.98 Å². The van der Waals surface area contributed by atoms with Crippen molar-refractivity contribution in [1.82, 2.24) is 10.3 Å².